The number of nitro benzene ring substituents is 1. The highest BCUT2D eigenvalue weighted by Crippen LogP contribution is 2.27. The summed E-state index contributed by atoms with van der Waals surface area (Å²) in [6.07, 6.45) is 0.603. The molecular formula is C13H13N7O4. The first-order valence-electron chi connectivity index (χ1n) is 6.93. The van der Waals surface area contributed by atoms with Gasteiger partial charge < -0.3 is 4.90 Å². The summed E-state index contributed by atoms with van der Waals surface area (Å²) in [4.78, 5) is 36.7. The van der Waals surface area contributed by atoms with Crippen molar-refractivity contribution in [2.24, 2.45) is 15.4 Å². The minimum atomic E-state index is -0.847. The molecule has 0 spiro atoms. The van der Waals surface area contributed by atoms with E-state index in [1.165, 1.54) is 43.4 Å². The molecule has 2 heterocycles. The molecule has 11 heteroatoms. The smallest absolute Gasteiger partial charge is 0.301 e. The van der Waals surface area contributed by atoms with Crippen molar-refractivity contribution in [2.75, 3.05) is 14.1 Å². The molecule has 0 aromatic heterocycles. The summed E-state index contributed by atoms with van der Waals surface area (Å²) in [5.74, 6) is -0.458. The number of nitrogens with zero attached hydrogens (tertiary/aromatic N) is 7. The van der Waals surface area contributed by atoms with E-state index >= 15 is 0 Å². The molecule has 3 rings (SSSR count). The normalized spacial score (nSPS) is 23.3. The second-order valence-electron chi connectivity index (χ2n) is 5.27. The number of rotatable bonds is 3. The molecule has 0 N–H and O–H groups in total. The number of amides is 3. The highest BCUT2D eigenvalue weighted by atomic mass is 16.6. The molecule has 2 aliphatic heterocycles. The molecule has 0 aliphatic carbocycles. The van der Waals surface area contributed by atoms with Crippen LogP contribution in [0.5, 0.6) is 0 Å². The number of fused-ring (bicyclic) bond motifs is 1. The molecule has 0 bridgehead atoms. The molecule has 0 saturated carbocycles. The van der Waals surface area contributed by atoms with Crippen molar-refractivity contribution in [3.63, 3.8) is 0 Å². The number of hydrazone groups is 1. The summed E-state index contributed by atoms with van der Waals surface area (Å²) < 4.78 is 0. The van der Waals surface area contributed by atoms with Gasteiger partial charge >= 0.3 is 6.03 Å². The van der Waals surface area contributed by atoms with E-state index < -0.39 is 29.1 Å². The topological polar surface area (TPSA) is 124 Å². The van der Waals surface area contributed by atoms with Crippen molar-refractivity contribution in [2.45, 2.75) is 12.2 Å². The van der Waals surface area contributed by atoms with Gasteiger partial charge in [0.25, 0.3) is 11.6 Å². The number of urea groups is 1. The Kier molecular flexibility index (Phi) is 3.67. The van der Waals surface area contributed by atoms with Crippen LogP contribution in [0.25, 0.3) is 0 Å². The molecule has 1 saturated heterocycles. The standard InChI is InChI=1S/C13H13N7O4/c1-17-11-10(12(21)18(2)13(17)22)15-16-19(11)14-7-8-4-3-5-9(6-8)20(23)24/h3-7,10-11H,1-2H3. The van der Waals surface area contributed by atoms with E-state index in [1.807, 2.05) is 0 Å². The van der Waals surface area contributed by atoms with Gasteiger partial charge in [-0.3, -0.25) is 19.8 Å². The van der Waals surface area contributed by atoms with E-state index in [9.17, 15) is 19.7 Å². The minimum Gasteiger partial charge on any atom is -0.301 e. The lowest BCUT2D eigenvalue weighted by atomic mass is 10.1. The van der Waals surface area contributed by atoms with Gasteiger partial charge in [0.2, 0.25) is 0 Å². The van der Waals surface area contributed by atoms with Crippen molar-refractivity contribution in [3.05, 3.63) is 39.9 Å². The van der Waals surface area contributed by atoms with Crippen LogP contribution in [0.3, 0.4) is 0 Å². The average Bonchev–Trinajstić information content (AvgIpc) is 3.00. The van der Waals surface area contributed by atoms with Crippen molar-refractivity contribution in [1.29, 1.82) is 0 Å². The van der Waals surface area contributed by atoms with E-state index in [1.54, 1.807) is 6.07 Å². The minimum absolute atomic E-state index is 0.0679. The molecule has 0 radical (unpaired) electrons. The number of likely N-dealkylation sites (N-methyl/N-ethyl adjacent to an activating group) is 2. The zero-order valence-electron chi connectivity index (χ0n) is 12.8. The van der Waals surface area contributed by atoms with Crippen LogP contribution in [-0.2, 0) is 4.79 Å². The third-order valence-corrected chi connectivity index (χ3v) is 3.76. The van der Waals surface area contributed by atoms with Gasteiger partial charge in [0.1, 0.15) is 0 Å². The molecule has 2 atom stereocenters. The Bertz CT molecular complexity index is 777. The maximum absolute atomic E-state index is 12.1. The number of hydrogen-bond donors (Lipinski definition) is 0. The largest absolute Gasteiger partial charge is 0.328 e. The Balaban J connectivity index is 1.83. The third-order valence-electron chi connectivity index (χ3n) is 3.76. The summed E-state index contributed by atoms with van der Waals surface area (Å²) >= 11 is 0. The number of nitro groups is 1. The van der Waals surface area contributed by atoms with Crippen LogP contribution in [0.1, 0.15) is 5.56 Å². The highest BCUT2D eigenvalue weighted by molar-refractivity contribution is 6.00. The number of benzene rings is 1. The van der Waals surface area contributed by atoms with E-state index in [0.717, 1.165) is 10.0 Å². The van der Waals surface area contributed by atoms with E-state index in [2.05, 4.69) is 15.4 Å². The predicted molar refractivity (Wildman–Crippen MR) is 80.9 cm³/mol. The van der Waals surface area contributed by atoms with Gasteiger partial charge in [0.05, 0.1) is 11.1 Å². The quantitative estimate of drug-likeness (QED) is 0.461. The maximum Gasteiger partial charge on any atom is 0.328 e. The number of carbonyl (C=O) groups excluding carboxylic acids is 2. The molecule has 1 aromatic carbocycles. The fourth-order valence-electron chi connectivity index (χ4n) is 2.47. The number of carbonyl (C=O) groups is 2. The summed E-state index contributed by atoms with van der Waals surface area (Å²) in [7, 11) is 2.90. The average molecular weight is 331 g/mol. The van der Waals surface area contributed by atoms with E-state index in [-0.39, 0.29) is 5.69 Å². The lowest BCUT2D eigenvalue weighted by molar-refractivity contribution is -0.384. The first kappa shape index (κ1) is 15.5. The molecule has 1 aromatic rings. The van der Waals surface area contributed by atoms with E-state index in [0.29, 0.717) is 5.56 Å². The van der Waals surface area contributed by atoms with Crippen LogP contribution < -0.4 is 0 Å². The lowest BCUT2D eigenvalue weighted by Crippen LogP contribution is -2.63. The number of imide groups is 1. The molecule has 24 heavy (non-hydrogen) atoms. The zero-order chi connectivity index (χ0) is 17.4. The van der Waals surface area contributed by atoms with Crippen LogP contribution in [0, 0.1) is 10.1 Å². The fraction of sp³-hybridized carbons (Fsp3) is 0.308. The first-order chi connectivity index (χ1) is 11.4. The zero-order valence-corrected chi connectivity index (χ0v) is 12.8. The summed E-state index contributed by atoms with van der Waals surface area (Å²) in [6.45, 7) is 0. The Hall–Kier alpha value is -3.37. The molecule has 2 unspecified atom stereocenters. The maximum atomic E-state index is 12.1. The third kappa shape index (κ3) is 2.45. The van der Waals surface area contributed by atoms with Gasteiger partial charge in [-0.25, -0.2) is 4.79 Å². The van der Waals surface area contributed by atoms with Crippen molar-refractivity contribution >= 4 is 23.8 Å². The SMILES string of the molecule is CN1C(=O)C2N=NN(N=Cc3cccc([N+](=O)[O-])c3)C2N(C)C1=O. The van der Waals surface area contributed by atoms with Gasteiger partial charge in [-0.1, -0.05) is 17.4 Å². The summed E-state index contributed by atoms with van der Waals surface area (Å²) in [6, 6.07) is 4.55. The van der Waals surface area contributed by atoms with Crippen molar-refractivity contribution in [3.8, 4) is 0 Å². The monoisotopic (exact) mass is 331 g/mol. The highest BCUT2D eigenvalue weighted by Gasteiger charge is 2.50. The Morgan fingerprint density at radius 1 is 1.33 bits per heavy atom. The van der Waals surface area contributed by atoms with Gasteiger partial charge in [0, 0.05) is 31.8 Å². The molecule has 2 aliphatic rings. The van der Waals surface area contributed by atoms with Crippen LogP contribution >= 0.6 is 0 Å². The van der Waals surface area contributed by atoms with Crippen LogP contribution in [0.15, 0.2) is 39.7 Å². The summed E-state index contributed by atoms with van der Waals surface area (Å²) in [5, 5.41) is 23.7. The van der Waals surface area contributed by atoms with Crippen LogP contribution in [0.4, 0.5) is 10.5 Å². The van der Waals surface area contributed by atoms with Crippen molar-refractivity contribution in [1.82, 2.24) is 14.9 Å². The lowest BCUT2D eigenvalue weighted by Gasteiger charge is -2.37. The van der Waals surface area contributed by atoms with E-state index in [4.69, 9.17) is 0 Å². The number of non-ortho nitro benzene ring substituents is 1. The molecular weight excluding hydrogens is 318 g/mol. The second-order valence-corrected chi connectivity index (χ2v) is 5.27. The molecule has 124 valence electrons. The van der Waals surface area contributed by atoms with Gasteiger partial charge in [-0.15, -0.1) is 5.12 Å². The Morgan fingerprint density at radius 3 is 2.79 bits per heavy atom. The first-order valence-corrected chi connectivity index (χ1v) is 6.93. The Morgan fingerprint density at radius 2 is 2.08 bits per heavy atom. The van der Waals surface area contributed by atoms with Gasteiger partial charge in [-0.05, 0) is 0 Å². The Labute approximate surface area is 136 Å². The van der Waals surface area contributed by atoms with Crippen LogP contribution in [-0.4, -0.2) is 64.3 Å². The van der Waals surface area contributed by atoms with Crippen LogP contribution in [0.2, 0.25) is 0 Å². The summed E-state index contributed by atoms with van der Waals surface area (Å²) in [5.41, 5.74) is 0.415. The van der Waals surface area contributed by atoms with Gasteiger partial charge in [-0.2, -0.15) is 10.2 Å². The van der Waals surface area contributed by atoms with Gasteiger partial charge in [0.15, 0.2) is 12.2 Å². The van der Waals surface area contributed by atoms with Crippen molar-refractivity contribution < 1.29 is 14.5 Å². The molecule has 11 nitrogen and oxygen atoms in total. The second kappa shape index (κ2) is 5.68. The molecule has 3 amide bonds. The number of hydrogen-bond acceptors (Lipinski definition) is 8. The molecule has 1 fully saturated rings. The predicted octanol–water partition coefficient (Wildman–Crippen LogP) is 0.830. The fourth-order valence-corrected chi connectivity index (χ4v) is 2.47.